The fourth-order valence-electron chi connectivity index (χ4n) is 1.59. The summed E-state index contributed by atoms with van der Waals surface area (Å²) < 4.78 is 37.4. The lowest BCUT2D eigenvalue weighted by Gasteiger charge is -2.11. The standard InChI is InChI=1S/C13H12ClF3N4O2/c1-19-12(23)8(5-18)10(22)2-3-20-11-9(14)4-7(6-21-11)13(15,16)17/h4,6,8H,2-3H2,1H3,(H,19,23)(H,20,21). The zero-order chi connectivity index (χ0) is 17.6. The maximum Gasteiger partial charge on any atom is 0.417 e. The number of ketones is 1. The number of amides is 1. The van der Waals surface area contributed by atoms with Crippen LogP contribution in [0.2, 0.25) is 5.02 Å². The summed E-state index contributed by atoms with van der Waals surface area (Å²) in [4.78, 5) is 26.5. The first-order valence-corrected chi connectivity index (χ1v) is 6.69. The molecule has 1 aromatic heterocycles. The van der Waals surface area contributed by atoms with E-state index in [0.29, 0.717) is 12.3 Å². The van der Waals surface area contributed by atoms with Crippen molar-refractivity contribution in [3.8, 4) is 6.07 Å². The molecule has 1 unspecified atom stereocenters. The monoisotopic (exact) mass is 348 g/mol. The number of nitrogens with one attached hydrogen (secondary N) is 2. The molecular weight excluding hydrogens is 337 g/mol. The number of anilines is 1. The van der Waals surface area contributed by atoms with E-state index in [0.717, 1.165) is 0 Å². The quantitative estimate of drug-likeness (QED) is 0.767. The number of pyridine rings is 1. The number of hydrogen-bond donors (Lipinski definition) is 2. The molecule has 0 bridgehead atoms. The molecule has 1 heterocycles. The summed E-state index contributed by atoms with van der Waals surface area (Å²) in [5.74, 6) is -2.80. The lowest BCUT2D eigenvalue weighted by atomic mass is 10.0. The van der Waals surface area contributed by atoms with Crippen molar-refractivity contribution in [3.63, 3.8) is 0 Å². The molecule has 1 atom stereocenters. The Balaban J connectivity index is 2.65. The second kappa shape index (κ2) is 7.78. The Hall–Kier alpha value is -2.34. The van der Waals surface area contributed by atoms with Gasteiger partial charge in [-0.3, -0.25) is 9.59 Å². The van der Waals surface area contributed by atoms with E-state index in [4.69, 9.17) is 16.9 Å². The van der Waals surface area contributed by atoms with Crippen molar-refractivity contribution in [2.75, 3.05) is 18.9 Å². The van der Waals surface area contributed by atoms with Gasteiger partial charge in [0.2, 0.25) is 5.91 Å². The predicted octanol–water partition coefficient (Wildman–Crippen LogP) is 2.01. The van der Waals surface area contributed by atoms with Gasteiger partial charge in [-0.25, -0.2) is 4.98 Å². The van der Waals surface area contributed by atoms with Gasteiger partial charge in [0, 0.05) is 26.2 Å². The largest absolute Gasteiger partial charge is 0.417 e. The number of alkyl halides is 3. The van der Waals surface area contributed by atoms with Crippen LogP contribution in [0.25, 0.3) is 0 Å². The SMILES string of the molecule is CNC(=O)C(C#N)C(=O)CCNc1ncc(C(F)(F)F)cc1Cl. The number of hydrogen-bond acceptors (Lipinski definition) is 5. The van der Waals surface area contributed by atoms with Crippen LogP contribution >= 0.6 is 11.6 Å². The van der Waals surface area contributed by atoms with Crippen molar-refractivity contribution in [3.05, 3.63) is 22.8 Å². The lowest BCUT2D eigenvalue weighted by molar-refractivity contribution is -0.138. The predicted molar refractivity (Wildman–Crippen MR) is 75.5 cm³/mol. The maximum atomic E-state index is 12.5. The number of nitriles is 1. The number of halogens is 4. The Morgan fingerprint density at radius 1 is 1.48 bits per heavy atom. The smallest absolute Gasteiger partial charge is 0.368 e. The first-order chi connectivity index (χ1) is 10.7. The molecular formula is C13H12ClF3N4O2. The van der Waals surface area contributed by atoms with Crippen LogP contribution in [0.4, 0.5) is 19.0 Å². The number of Topliss-reactive ketones (excluding diaryl/α,β-unsaturated/α-hetero) is 1. The van der Waals surface area contributed by atoms with E-state index in [2.05, 4.69) is 15.6 Å². The van der Waals surface area contributed by atoms with E-state index in [-0.39, 0.29) is 23.8 Å². The summed E-state index contributed by atoms with van der Waals surface area (Å²) in [7, 11) is 1.30. The molecule has 0 saturated heterocycles. The van der Waals surface area contributed by atoms with Crippen LogP contribution in [0.3, 0.4) is 0 Å². The minimum absolute atomic E-state index is 0.0269. The van der Waals surface area contributed by atoms with Crippen molar-refractivity contribution in [1.82, 2.24) is 10.3 Å². The van der Waals surface area contributed by atoms with Crippen molar-refractivity contribution >= 4 is 29.1 Å². The second-order valence-corrected chi connectivity index (χ2v) is 4.78. The Morgan fingerprint density at radius 3 is 2.61 bits per heavy atom. The summed E-state index contributed by atoms with van der Waals surface area (Å²) in [6.07, 6.45) is -4.14. The summed E-state index contributed by atoms with van der Waals surface area (Å²) in [6, 6.07) is 2.29. The zero-order valence-corrected chi connectivity index (χ0v) is 12.6. The molecule has 0 aliphatic rings. The third-order valence-corrected chi connectivity index (χ3v) is 3.08. The molecule has 1 aromatic rings. The van der Waals surface area contributed by atoms with Gasteiger partial charge in [-0.15, -0.1) is 0 Å². The first-order valence-electron chi connectivity index (χ1n) is 6.31. The third kappa shape index (κ3) is 5.10. The maximum absolute atomic E-state index is 12.5. The van der Waals surface area contributed by atoms with Crippen LogP contribution in [0.15, 0.2) is 12.3 Å². The van der Waals surface area contributed by atoms with Crippen LogP contribution in [0.5, 0.6) is 0 Å². The molecule has 0 saturated carbocycles. The summed E-state index contributed by atoms with van der Waals surface area (Å²) in [5, 5.41) is 13.3. The number of rotatable bonds is 6. The van der Waals surface area contributed by atoms with Gasteiger partial charge in [-0.2, -0.15) is 18.4 Å². The fraction of sp³-hybridized carbons (Fsp3) is 0.385. The molecule has 2 N–H and O–H groups in total. The summed E-state index contributed by atoms with van der Waals surface area (Å²) in [6.45, 7) is -0.0356. The van der Waals surface area contributed by atoms with Crippen LogP contribution in [-0.4, -0.2) is 30.3 Å². The number of aromatic nitrogens is 1. The average molecular weight is 349 g/mol. The van der Waals surface area contributed by atoms with Gasteiger partial charge in [0.15, 0.2) is 11.7 Å². The highest BCUT2D eigenvalue weighted by molar-refractivity contribution is 6.33. The number of nitrogens with zero attached hydrogens (tertiary/aromatic N) is 2. The van der Waals surface area contributed by atoms with Crippen molar-refractivity contribution in [2.24, 2.45) is 5.92 Å². The molecule has 0 aromatic carbocycles. The molecule has 6 nitrogen and oxygen atoms in total. The van der Waals surface area contributed by atoms with E-state index in [1.807, 2.05) is 0 Å². The minimum Gasteiger partial charge on any atom is -0.368 e. The van der Waals surface area contributed by atoms with Gasteiger partial charge < -0.3 is 10.6 Å². The van der Waals surface area contributed by atoms with Crippen LogP contribution in [-0.2, 0) is 15.8 Å². The molecule has 0 fully saturated rings. The summed E-state index contributed by atoms with van der Waals surface area (Å²) >= 11 is 5.69. The first kappa shape index (κ1) is 18.7. The highest BCUT2D eigenvalue weighted by Gasteiger charge is 2.31. The Morgan fingerprint density at radius 2 is 2.13 bits per heavy atom. The van der Waals surface area contributed by atoms with Crippen molar-refractivity contribution < 1.29 is 22.8 Å². The van der Waals surface area contributed by atoms with Gasteiger partial charge >= 0.3 is 6.18 Å². The second-order valence-electron chi connectivity index (χ2n) is 4.37. The minimum atomic E-state index is -4.56. The molecule has 0 radical (unpaired) electrons. The highest BCUT2D eigenvalue weighted by atomic mass is 35.5. The van der Waals surface area contributed by atoms with Gasteiger partial charge in [0.1, 0.15) is 5.82 Å². The molecule has 1 amide bonds. The fourth-order valence-corrected chi connectivity index (χ4v) is 1.83. The van der Waals surface area contributed by atoms with E-state index in [1.165, 1.54) is 7.05 Å². The molecule has 0 aliphatic heterocycles. The van der Waals surface area contributed by atoms with Crippen LogP contribution in [0.1, 0.15) is 12.0 Å². The van der Waals surface area contributed by atoms with E-state index in [1.54, 1.807) is 6.07 Å². The van der Waals surface area contributed by atoms with Gasteiger partial charge in [-0.1, -0.05) is 11.6 Å². The van der Waals surface area contributed by atoms with Gasteiger partial charge in [-0.05, 0) is 6.07 Å². The number of carbonyl (C=O) groups is 2. The molecule has 0 aliphatic carbocycles. The molecule has 124 valence electrons. The molecule has 10 heteroatoms. The molecule has 23 heavy (non-hydrogen) atoms. The third-order valence-electron chi connectivity index (χ3n) is 2.79. The van der Waals surface area contributed by atoms with Crippen molar-refractivity contribution in [1.29, 1.82) is 5.26 Å². The van der Waals surface area contributed by atoms with Crippen LogP contribution in [0, 0.1) is 17.2 Å². The van der Waals surface area contributed by atoms with Gasteiger partial charge in [0.25, 0.3) is 0 Å². The lowest BCUT2D eigenvalue weighted by Crippen LogP contribution is -2.32. The van der Waals surface area contributed by atoms with Crippen molar-refractivity contribution in [2.45, 2.75) is 12.6 Å². The number of carbonyl (C=O) groups excluding carboxylic acids is 2. The van der Waals surface area contributed by atoms with Gasteiger partial charge in [0.05, 0.1) is 16.7 Å². The highest BCUT2D eigenvalue weighted by Crippen LogP contribution is 2.32. The van der Waals surface area contributed by atoms with Crippen LogP contribution < -0.4 is 10.6 Å². The Kier molecular flexibility index (Phi) is 6.33. The zero-order valence-electron chi connectivity index (χ0n) is 11.9. The Labute approximate surface area is 134 Å². The normalized spacial score (nSPS) is 12.2. The topological polar surface area (TPSA) is 94.9 Å². The molecule has 1 rings (SSSR count). The summed E-state index contributed by atoms with van der Waals surface area (Å²) in [5.41, 5.74) is -0.992. The van der Waals surface area contributed by atoms with E-state index in [9.17, 15) is 22.8 Å². The Bertz CT molecular complexity index is 643. The van der Waals surface area contributed by atoms with E-state index >= 15 is 0 Å². The molecule has 0 spiro atoms. The average Bonchev–Trinajstić information content (AvgIpc) is 2.48. The van der Waals surface area contributed by atoms with E-state index < -0.39 is 29.3 Å².